The van der Waals surface area contributed by atoms with Crippen LogP contribution in [-0.2, 0) is 0 Å². The van der Waals surface area contributed by atoms with E-state index in [0.717, 1.165) is 25.9 Å². The third-order valence-electron chi connectivity index (χ3n) is 2.62. The van der Waals surface area contributed by atoms with Crippen molar-refractivity contribution >= 4 is 5.91 Å². The van der Waals surface area contributed by atoms with E-state index < -0.39 is 0 Å². The van der Waals surface area contributed by atoms with Crippen molar-refractivity contribution < 1.29 is 4.79 Å². The van der Waals surface area contributed by atoms with Crippen LogP contribution in [0.25, 0.3) is 0 Å². The maximum atomic E-state index is 11.9. The largest absolute Gasteiger partial charge is 0.337 e. The summed E-state index contributed by atoms with van der Waals surface area (Å²) in [5.41, 5.74) is 0.604. The van der Waals surface area contributed by atoms with E-state index in [2.05, 4.69) is 10.2 Å². The molecule has 0 spiro atoms. The van der Waals surface area contributed by atoms with E-state index in [1.54, 1.807) is 12.3 Å². The van der Waals surface area contributed by atoms with Gasteiger partial charge < -0.3 is 4.90 Å². The molecule has 1 fully saturated rings. The van der Waals surface area contributed by atoms with Crippen molar-refractivity contribution in [3.63, 3.8) is 0 Å². The predicted molar refractivity (Wildman–Crippen MR) is 53.0 cm³/mol. The van der Waals surface area contributed by atoms with Gasteiger partial charge in [-0.1, -0.05) is 12.8 Å². The van der Waals surface area contributed by atoms with Crippen LogP contribution in [0.2, 0.25) is 0 Å². The molecule has 2 heterocycles. The van der Waals surface area contributed by atoms with Gasteiger partial charge >= 0.3 is 0 Å². The zero-order valence-corrected chi connectivity index (χ0v) is 8.20. The number of amides is 1. The summed E-state index contributed by atoms with van der Waals surface area (Å²) in [6, 6.07) is 1.73. The number of nitrogens with one attached hydrogen (secondary N) is 1. The van der Waals surface area contributed by atoms with Gasteiger partial charge in [-0.3, -0.25) is 9.89 Å². The number of nitrogens with zero attached hydrogens (tertiary/aromatic N) is 2. The highest BCUT2D eigenvalue weighted by molar-refractivity contribution is 5.92. The van der Waals surface area contributed by atoms with Crippen molar-refractivity contribution in [2.24, 2.45) is 0 Å². The summed E-state index contributed by atoms with van der Waals surface area (Å²) in [5, 5.41) is 6.50. The Hall–Kier alpha value is -1.32. The van der Waals surface area contributed by atoms with E-state index in [4.69, 9.17) is 0 Å². The molecule has 0 aromatic carbocycles. The smallest absolute Gasteiger partial charge is 0.271 e. The first-order chi connectivity index (χ1) is 6.88. The molecular weight excluding hydrogens is 178 g/mol. The summed E-state index contributed by atoms with van der Waals surface area (Å²) >= 11 is 0. The molecule has 0 atom stereocenters. The lowest BCUT2D eigenvalue weighted by molar-refractivity contribution is 0.0755. The molecule has 4 nitrogen and oxygen atoms in total. The third kappa shape index (κ3) is 1.95. The predicted octanol–water partition coefficient (Wildman–Crippen LogP) is 1.43. The SMILES string of the molecule is O=C(c1ccn[nH]1)N1CCCCCC1. The number of carbonyl (C=O) groups is 1. The number of likely N-dealkylation sites (tertiary alicyclic amines) is 1. The van der Waals surface area contributed by atoms with Gasteiger partial charge in [-0.25, -0.2) is 0 Å². The van der Waals surface area contributed by atoms with Gasteiger partial charge in [-0.05, 0) is 18.9 Å². The third-order valence-corrected chi connectivity index (χ3v) is 2.62. The van der Waals surface area contributed by atoms with Crippen molar-refractivity contribution in [1.82, 2.24) is 15.1 Å². The molecule has 76 valence electrons. The van der Waals surface area contributed by atoms with Crippen LogP contribution in [0.3, 0.4) is 0 Å². The maximum Gasteiger partial charge on any atom is 0.271 e. The van der Waals surface area contributed by atoms with Crippen LogP contribution in [0.4, 0.5) is 0 Å². The Balaban J connectivity index is 2.03. The number of aromatic nitrogens is 2. The number of hydrogen-bond donors (Lipinski definition) is 1. The summed E-state index contributed by atoms with van der Waals surface area (Å²) in [6.07, 6.45) is 6.35. The monoisotopic (exact) mass is 193 g/mol. The Morgan fingerprint density at radius 3 is 2.57 bits per heavy atom. The van der Waals surface area contributed by atoms with Crippen LogP contribution in [0.1, 0.15) is 36.2 Å². The summed E-state index contributed by atoms with van der Waals surface area (Å²) in [4.78, 5) is 13.8. The fraction of sp³-hybridized carbons (Fsp3) is 0.600. The van der Waals surface area contributed by atoms with Crippen LogP contribution in [0, 0.1) is 0 Å². The van der Waals surface area contributed by atoms with E-state index in [-0.39, 0.29) is 5.91 Å². The Labute approximate surface area is 83.3 Å². The van der Waals surface area contributed by atoms with Gasteiger partial charge in [0.2, 0.25) is 0 Å². The Morgan fingerprint density at radius 1 is 1.29 bits per heavy atom. The second-order valence-corrected chi connectivity index (χ2v) is 3.68. The van der Waals surface area contributed by atoms with Crippen molar-refractivity contribution in [2.75, 3.05) is 13.1 Å². The van der Waals surface area contributed by atoms with Gasteiger partial charge in [-0.15, -0.1) is 0 Å². The lowest BCUT2D eigenvalue weighted by Gasteiger charge is -2.18. The van der Waals surface area contributed by atoms with Gasteiger partial charge in [0.15, 0.2) is 0 Å². The Morgan fingerprint density at radius 2 is 2.00 bits per heavy atom. The highest BCUT2D eigenvalue weighted by Gasteiger charge is 2.17. The van der Waals surface area contributed by atoms with E-state index in [0.29, 0.717) is 5.69 Å². The lowest BCUT2D eigenvalue weighted by atomic mass is 10.2. The average molecular weight is 193 g/mol. The van der Waals surface area contributed by atoms with Crippen molar-refractivity contribution in [3.8, 4) is 0 Å². The van der Waals surface area contributed by atoms with Crippen LogP contribution in [0.15, 0.2) is 12.3 Å². The van der Waals surface area contributed by atoms with Crippen molar-refractivity contribution in [2.45, 2.75) is 25.7 Å². The zero-order chi connectivity index (χ0) is 9.80. The zero-order valence-electron chi connectivity index (χ0n) is 8.20. The minimum Gasteiger partial charge on any atom is -0.337 e. The molecule has 1 saturated heterocycles. The van der Waals surface area contributed by atoms with E-state index >= 15 is 0 Å². The van der Waals surface area contributed by atoms with Crippen molar-refractivity contribution in [3.05, 3.63) is 18.0 Å². The number of H-pyrrole nitrogens is 1. The summed E-state index contributed by atoms with van der Waals surface area (Å²) in [6.45, 7) is 1.77. The molecule has 0 bridgehead atoms. The molecule has 1 amide bonds. The summed E-state index contributed by atoms with van der Waals surface area (Å²) in [7, 11) is 0. The second-order valence-electron chi connectivity index (χ2n) is 3.68. The number of aromatic amines is 1. The number of carbonyl (C=O) groups excluding carboxylic acids is 1. The quantitative estimate of drug-likeness (QED) is 0.733. The molecule has 14 heavy (non-hydrogen) atoms. The highest BCUT2D eigenvalue weighted by atomic mass is 16.2. The maximum absolute atomic E-state index is 11.9. The standard InChI is InChI=1S/C10H15N3O/c14-10(9-5-6-11-12-9)13-7-3-1-2-4-8-13/h5-6H,1-4,7-8H2,(H,11,12). The van der Waals surface area contributed by atoms with Gasteiger partial charge in [0.25, 0.3) is 5.91 Å². The van der Waals surface area contributed by atoms with Crippen LogP contribution < -0.4 is 0 Å². The first-order valence-corrected chi connectivity index (χ1v) is 5.16. The fourth-order valence-corrected chi connectivity index (χ4v) is 1.82. The van der Waals surface area contributed by atoms with Gasteiger partial charge in [0.05, 0.1) is 0 Å². The van der Waals surface area contributed by atoms with Crippen LogP contribution in [-0.4, -0.2) is 34.1 Å². The Bertz CT molecular complexity index is 286. The summed E-state index contributed by atoms with van der Waals surface area (Å²) < 4.78 is 0. The number of rotatable bonds is 1. The minimum atomic E-state index is 0.0874. The molecule has 0 radical (unpaired) electrons. The topological polar surface area (TPSA) is 49.0 Å². The first kappa shape index (κ1) is 9.24. The Kier molecular flexibility index (Phi) is 2.81. The van der Waals surface area contributed by atoms with Gasteiger partial charge in [0, 0.05) is 19.3 Å². The van der Waals surface area contributed by atoms with Crippen LogP contribution >= 0.6 is 0 Å². The average Bonchev–Trinajstić information content (AvgIpc) is 2.59. The van der Waals surface area contributed by atoms with Crippen LogP contribution in [0.5, 0.6) is 0 Å². The highest BCUT2D eigenvalue weighted by Crippen LogP contribution is 2.11. The lowest BCUT2D eigenvalue weighted by Crippen LogP contribution is -2.32. The fourth-order valence-electron chi connectivity index (χ4n) is 1.82. The molecule has 0 unspecified atom stereocenters. The number of hydrogen-bond acceptors (Lipinski definition) is 2. The van der Waals surface area contributed by atoms with E-state index in [1.165, 1.54) is 12.8 Å². The molecule has 1 aromatic heterocycles. The molecular formula is C10H15N3O. The molecule has 1 aliphatic heterocycles. The molecule has 1 N–H and O–H groups in total. The molecule has 1 aromatic rings. The van der Waals surface area contributed by atoms with Gasteiger partial charge in [-0.2, -0.15) is 5.10 Å². The molecule has 4 heteroatoms. The molecule has 1 aliphatic rings. The van der Waals surface area contributed by atoms with E-state index in [1.807, 2.05) is 4.90 Å². The molecule has 0 saturated carbocycles. The second kappa shape index (κ2) is 4.26. The summed E-state index contributed by atoms with van der Waals surface area (Å²) in [5.74, 6) is 0.0874. The van der Waals surface area contributed by atoms with Crippen molar-refractivity contribution in [1.29, 1.82) is 0 Å². The molecule has 2 rings (SSSR count). The van der Waals surface area contributed by atoms with E-state index in [9.17, 15) is 4.79 Å². The minimum absolute atomic E-state index is 0.0874. The normalized spacial score (nSPS) is 17.9. The molecule has 0 aliphatic carbocycles. The van der Waals surface area contributed by atoms with Gasteiger partial charge in [0.1, 0.15) is 5.69 Å². The first-order valence-electron chi connectivity index (χ1n) is 5.16.